The van der Waals surface area contributed by atoms with Crippen molar-refractivity contribution in [1.29, 1.82) is 0 Å². The first-order valence-electron chi connectivity index (χ1n) is 19.1. The SMILES string of the molecule is CC#CN(CCC[Si](C)(C)O[Si](C)(C)O[Si](C)(C)CCCN(CCNOCC)C(=O)Nc1ccccc1)C(=O)Nc1ccccc1.NC(=O)Nc1ccccc1. The average Bonchev–Trinajstić information content (AvgIpc) is 3.12. The number of nitrogens with zero attached hydrogens (tertiary/aromatic N) is 2. The minimum Gasteiger partial charge on any atom is -0.437 e. The van der Waals surface area contributed by atoms with Crippen LogP contribution in [0.2, 0.25) is 51.4 Å². The third kappa shape index (κ3) is 21.0. The Morgan fingerprint density at radius 1 is 0.661 bits per heavy atom. The molecular formula is C40H63N7O6Si3. The van der Waals surface area contributed by atoms with Crippen LogP contribution in [0.4, 0.5) is 31.4 Å². The van der Waals surface area contributed by atoms with Gasteiger partial charge in [0.2, 0.25) is 0 Å². The van der Waals surface area contributed by atoms with Crippen LogP contribution >= 0.6 is 0 Å². The first-order valence-corrected chi connectivity index (χ1v) is 28.1. The molecule has 0 aliphatic heterocycles. The van der Waals surface area contributed by atoms with Crippen LogP contribution in [-0.4, -0.2) is 85.9 Å². The van der Waals surface area contributed by atoms with E-state index in [1.165, 1.54) is 0 Å². The predicted octanol–water partition coefficient (Wildman–Crippen LogP) is 8.68. The van der Waals surface area contributed by atoms with Crippen LogP contribution in [-0.2, 0) is 13.1 Å². The molecule has 0 aliphatic carbocycles. The quantitative estimate of drug-likeness (QED) is 0.0251. The van der Waals surface area contributed by atoms with Crippen molar-refractivity contribution in [3.63, 3.8) is 0 Å². The van der Waals surface area contributed by atoms with Crippen molar-refractivity contribution in [2.45, 2.75) is 78.1 Å². The largest absolute Gasteiger partial charge is 0.437 e. The zero-order valence-electron chi connectivity index (χ0n) is 34.4. The first kappa shape index (κ1) is 47.7. The Bertz CT molecular complexity index is 1660. The maximum atomic E-state index is 13.1. The Balaban J connectivity index is 0.000000934. The number of hydroxylamine groups is 1. The third-order valence-electron chi connectivity index (χ3n) is 8.01. The van der Waals surface area contributed by atoms with Crippen LogP contribution in [0.25, 0.3) is 0 Å². The van der Waals surface area contributed by atoms with Gasteiger partial charge in [0.25, 0.3) is 0 Å². The van der Waals surface area contributed by atoms with E-state index < -0.39 is 31.2 Å². The molecule has 3 aromatic rings. The maximum Gasteiger partial charge on any atom is 0.333 e. The van der Waals surface area contributed by atoms with Gasteiger partial charge in [0, 0.05) is 49.3 Å². The van der Waals surface area contributed by atoms with Crippen molar-refractivity contribution in [2.24, 2.45) is 5.73 Å². The second kappa shape index (κ2) is 24.9. The maximum absolute atomic E-state index is 13.1. The number of benzene rings is 3. The zero-order chi connectivity index (χ0) is 41.5. The van der Waals surface area contributed by atoms with E-state index in [1.807, 2.05) is 90.7 Å². The number of hydrogen-bond acceptors (Lipinski definition) is 7. The molecule has 0 unspecified atom stereocenters. The van der Waals surface area contributed by atoms with Crippen LogP contribution in [0, 0.1) is 12.0 Å². The molecule has 0 saturated heterocycles. The molecule has 306 valence electrons. The van der Waals surface area contributed by atoms with E-state index in [-0.39, 0.29) is 12.1 Å². The Labute approximate surface area is 337 Å². The van der Waals surface area contributed by atoms with Gasteiger partial charge in [0.1, 0.15) is 0 Å². The van der Waals surface area contributed by atoms with Crippen molar-refractivity contribution < 1.29 is 27.5 Å². The van der Waals surface area contributed by atoms with E-state index in [4.69, 9.17) is 18.8 Å². The number of carbonyl (C=O) groups is 3. The van der Waals surface area contributed by atoms with Crippen molar-refractivity contribution >= 4 is 60.4 Å². The van der Waals surface area contributed by atoms with E-state index in [0.29, 0.717) is 32.8 Å². The fraction of sp³-hybridized carbons (Fsp3) is 0.425. The summed E-state index contributed by atoms with van der Waals surface area (Å²) in [6, 6.07) is 31.8. The number of anilines is 3. The minimum atomic E-state index is -2.44. The first-order chi connectivity index (χ1) is 26.5. The molecule has 0 aliphatic rings. The average molecular weight is 822 g/mol. The number of carbonyl (C=O) groups excluding carboxylic acids is 3. The summed E-state index contributed by atoms with van der Waals surface area (Å²) < 4.78 is 13.6. The van der Waals surface area contributed by atoms with Crippen LogP contribution < -0.4 is 27.2 Å². The van der Waals surface area contributed by atoms with Crippen LogP contribution in [0.3, 0.4) is 0 Å². The summed E-state index contributed by atoms with van der Waals surface area (Å²) in [7, 11) is -6.61. The molecule has 0 aromatic heterocycles. The standard InChI is InChI=1S/C33H55N5O5Si3.C7H8N2O/c1-9-24-37(32(39)35-30-19-13-11-14-20-30)25-17-28-44(3,4)42-46(7,8)43-45(5,6)29-18-26-38(27-23-34-41-10-2)33(40)36-31-21-15-12-16-22-31;8-7(10)9-6-4-2-1-3-5-6/h11-16,19-22,34H,10,17-18,23,25-29H2,1-8H3,(H,35,39)(H,36,40);1-5H,(H3,8,9,10). The summed E-state index contributed by atoms with van der Waals surface area (Å²) in [5.74, 6) is 2.85. The van der Waals surface area contributed by atoms with Crippen LogP contribution in [0.5, 0.6) is 0 Å². The lowest BCUT2D eigenvalue weighted by Crippen LogP contribution is -2.52. The number of rotatable bonds is 20. The molecule has 0 saturated carbocycles. The second-order valence-electron chi connectivity index (χ2n) is 14.6. The van der Waals surface area contributed by atoms with Crippen molar-refractivity contribution in [3.05, 3.63) is 91.0 Å². The Morgan fingerprint density at radius 2 is 1.11 bits per heavy atom. The van der Waals surface area contributed by atoms with Gasteiger partial charge in [-0.1, -0.05) is 60.5 Å². The summed E-state index contributed by atoms with van der Waals surface area (Å²) in [6.07, 6.45) is 1.63. The van der Waals surface area contributed by atoms with Crippen LogP contribution in [0.15, 0.2) is 91.0 Å². The molecule has 0 bridgehead atoms. The molecule has 0 atom stereocenters. The lowest BCUT2D eigenvalue weighted by molar-refractivity contribution is 0.0472. The van der Waals surface area contributed by atoms with E-state index in [9.17, 15) is 14.4 Å². The molecule has 0 radical (unpaired) electrons. The highest BCUT2D eigenvalue weighted by Crippen LogP contribution is 2.26. The number of urea groups is 3. The molecule has 3 aromatic carbocycles. The molecule has 0 heterocycles. The smallest absolute Gasteiger partial charge is 0.333 e. The van der Waals surface area contributed by atoms with Gasteiger partial charge in [-0.15, -0.1) is 0 Å². The third-order valence-corrected chi connectivity index (χ3v) is 19.5. The molecule has 0 spiro atoms. The van der Waals surface area contributed by atoms with Crippen molar-refractivity contribution in [3.8, 4) is 12.0 Å². The number of amides is 6. The molecule has 6 amide bonds. The lowest BCUT2D eigenvalue weighted by atomic mass is 10.3. The summed E-state index contributed by atoms with van der Waals surface area (Å²) in [6.45, 7) is 19.6. The Morgan fingerprint density at radius 3 is 1.55 bits per heavy atom. The van der Waals surface area contributed by atoms with E-state index in [1.54, 1.807) is 24.0 Å². The van der Waals surface area contributed by atoms with Gasteiger partial charge >= 0.3 is 26.7 Å². The predicted molar refractivity (Wildman–Crippen MR) is 235 cm³/mol. The van der Waals surface area contributed by atoms with Gasteiger partial charge in [-0.25, -0.2) is 19.9 Å². The lowest BCUT2D eigenvalue weighted by Gasteiger charge is -2.39. The van der Waals surface area contributed by atoms with Crippen LogP contribution in [0.1, 0.15) is 26.7 Å². The summed E-state index contributed by atoms with van der Waals surface area (Å²) >= 11 is 0. The number of para-hydroxylation sites is 3. The summed E-state index contributed by atoms with van der Waals surface area (Å²) in [4.78, 5) is 44.8. The second-order valence-corrected chi connectivity index (χ2v) is 27.1. The molecule has 6 N–H and O–H groups in total. The minimum absolute atomic E-state index is 0.128. The highest BCUT2D eigenvalue weighted by atomic mass is 28.5. The fourth-order valence-electron chi connectivity index (χ4n) is 5.93. The highest BCUT2D eigenvalue weighted by molar-refractivity contribution is 6.87. The molecule has 16 heteroatoms. The van der Waals surface area contributed by atoms with Gasteiger partial charge in [0.05, 0.1) is 6.61 Å². The van der Waals surface area contributed by atoms with Gasteiger partial charge < -0.3 is 39.7 Å². The number of nitrogens with two attached hydrogens (primary N) is 1. The Hall–Kier alpha value is -4.48. The van der Waals surface area contributed by atoms with E-state index in [2.05, 4.69) is 72.7 Å². The number of primary amides is 1. The fourth-order valence-corrected chi connectivity index (χ4v) is 19.9. The van der Waals surface area contributed by atoms with E-state index in [0.717, 1.165) is 42.0 Å². The topological polar surface area (TPSA) is 160 Å². The Kier molecular flexibility index (Phi) is 21.2. The number of hydrogen-bond donors (Lipinski definition) is 5. The molecule has 13 nitrogen and oxygen atoms in total. The normalized spacial score (nSPS) is 11.2. The van der Waals surface area contributed by atoms with Gasteiger partial charge in [-0.05, 0) is 114 Å². The molecule has 3 rings (SSSR count). The summed E-state index contributed by atoms with van der Waals surface area (Å²) in [5.41, 5.74) is 10.0. The van der Waals surface area contributed by atoms with Gasteiger partial charge in [0.15, 0.2) is 16.6 Å². The summed E-state index contributed by atoms with van der Waals surface area (Å²) in [5, 5.41) is 8.36. The van der Waals surface area contributed by atoms with Gasteiger partial charge in [-0.2, -0.15) is 0 Å². The van der Waals surface area contributed by atoms with E-state index >= 15 is 0 Å². The molecule has 0 fully saturated rings. The van der Waals surface area contributed by atoms with Gasteiger partial charge in [-0.3, -0.25) is 4.90 Å². The number of nitrogens with one attached hydrogen (secondary N) is 4. The molecular weight excluding hydrogens is 759 g/mol. The highest BCUT2D eigenvalue weighted by Gasteiger charge is 2.39. The molecule has 56 heavy (non-hydrogen) atoms. The zero-order valence-corrected chi connectivity index (χ0v) is 37.4. The van der Waals surface area contributed by atoms with Crippen molar-refractivity contribution in [2.75, 3.05) is 48.7 Å². The van der Waals surface area contributed by atoms with Crippen molar-refractivity contribution in [1.82, 2.24) is 15.3 Å². The monoisotopic (exact) mass is 821 g/mol.